The number of rotatable bonds is 7. The van der Waals surface area contributed by atoms with Gasteiger partial charge in [0.05, 0.1) is 5.02 Å². The van der Waals surface area contributed by atoms with Crippen molar-refractivity contribution in [3.63, 3.8) is 0 Å². The second kappa shape index (κ2) is 6.45. The van der Waals surface area contributed by atoms with Gasteiger partial charge in [-0.3, -0.25) is 0 Å². The Balaban J connectivity index is 1.56. The number of nitrogens with one attached hydrogen (secondary N) is 1. The van der Waals surface area contributed by atoms with Gasteiger partial charge in [-0.25, -0.2) is 0 Å². The molecule has 1 aromatic carbocycles. The van der Waals surface area contributed by atoms with Crippen LogP contribution in [0.5, 0.6) is 5.75 Å². The minimum atomic E-state index is 0.229. The molecule has 1 heterocycles. The predicted octanol–water partition coefficient (Wildman–Crippen LogP) is 3.12. The molecule has 1 aliphatic rings. The SMILES string of the molecule is CCc1noc(COc2ccc(CNC3CC3)cc2Cl)n1. The third-order valence-electron chi connectivity index (χ3n) is 3.35. The summed E-state index contributed by atoms with van der Waals surface area (Å²) in [7, 11) is 0. The Morgan fingerprint density at radius 3 is 2.95 bits per heavy atom. The van der Waals surface area contributed by atoms with Crippen molar-refractivity contribution in [3.05, 3.63) is 40.5 Å². The average Bonchev–Trinajstić information content (AvgIpc) is 3.21. The van der Waals surface area contributed by atoms with Crippen molar-refractivity contribution in [1.29, 1.82) is 0 Å². The summed E-state index contributed by atoms with van der Waals surface area (Å²) >= 11 is 6.24. The summed E-state index contributed by atoms with van der Waals surface area (Å²) in [6.07, 6.45) is 3.30. The minimum absolute atomic E-state index is 0.229. The molecular formula is C15H18ClN3O2. The largest absolute Gasteiger partial charge is 0.482 e. The molecule has 0 bridgehead atoms. The molecule has 1 aliphatic carbocycles. The zero-order valence-electron chi connectivity index (χ0n) is 11.9. The van der Waals surface area contributed by atoms with E-state index in [1.54, 1.807) is 0 Å². The van der Waals surface area contributed by atoms with E-state index in [9.17, 15) is 0 Å². The molecule has 3 rings (SSSR count). The normalized spacial score (nSPS) is 14.4. The van der Waals surface area contributed by atoms with Gasteiger partial charge in [0.1, 0.15) is 5.75 Å². The van der Waals surface area contributed by atoms with Crippen LogP contribution in [-0.4, -0.2) is 16.2 Å². The highest BCUT2D eigenvalue weighted by Crippen LogP contribution is 2.27. The smallest absolute Gasteiger partial charge is 0.264 e. The van der Waals surface area contributed by atoms with Crippen LogP contribution in [0.25, 0.3) is 0 Å². The van der Waals surface area contributed by atoms with Crippen molar-refractivity contribution >= 4 is 11.6 Å². The van der Waals surface area contributed by atoms with Gasteiger partial charge in [-0.2, -0.15) is 4.98 Å². The second-order valence-electron chi connectivity index (χ2n) is 5.17. The van der Waals surface area contributed by atoms with Crippen LogP contribution < -0.4 is 10.1 Å². The van der Waals surface area contributed by atoms with Gasteiger partial charge in [0, 0.05) is 19.0 Å². The molecule has 21 heavy (non-hydrogen) atoms. The molecule has 0 spiro atoms. The first-order chi connectivity index (χ1) is 10.2. The zero-order chi connectivity index (χ0) is 14.7. The lowest BCUT2D eigenvalue weighted by molar-refractivity contribution is 0.242. The Bertz CT molecular complexity index is 611. The standard InChI is InChI=1S/C15H18ClN3O2/c1-2-14-18-15(21-19-14)9-20-13-6-3-10(7-12(13)16)8-17-11-4-5-11/h3,6-7,11,17H,2,4-5,8-9H2,1H3. The Morgan fingerprint density at radius 2 is 2.29 bits per heavy atom. The highest BCUT2D eigenvalue weighted by Gasteiger charge is 2.20. The lowest BCUT2D eigenvalue weighted by Crippen LogP contribution is -2.15. The van der Waals surface area contributed by atoms with E-state index in [1.165, 1.54) is 12.8 Å². The van der Waals surface area contributed by atoms with E-state index in [0.29, 0.717) is 28.5 Å². The number of aryl methyl sites for hydroxylation is 1. The molecule has 1 fully saturated rings. The minimum Gasteiger partial charge on any atom is -0.482 e. The van der Waals surface area contributed by atoms with Crippen molar-refractivity contribution in [2.75, 3.05) is 0 Å². The van der Waals surface area contributed by atoms with Crippen LogP contribution in [0.15, 0.2) is 22.7 Å². The molecule has 6 heteroatoms. The first-order valence-electron chi connectivity index (χ1n) is 7.20. The molecule has 0 radical (unpaired) electrons. The van der Waals surface area contributed by atoms with Gasteiger partial charge >= 0.3 is 0 Å². The molecule has 0 amide bonds. The predicted molar refractivity (Wildman–Crippen MR) is 79.3 cm³/mol. The van der Waals surface area contributed by atoms with E-state index in [2.05, 4.69) is 15.5 Å². The summed E-state index contributed by atoms with van der Waals surface area (Å²) in [5, 5.41) is 7.87. The van der Waals surface area contributed by atoms with Crippen LogP contribution in [0.2, 0.25) is 5.02 Å². The van der Waals surface area contributed by atoms with Crippen LogP contribution >= 0.6 is 11.6 Å². The molecule has 1 aromatic heterocycles. The average molecular weight is 308 g/mol. The summed E-state index contributed by atoms with van der Waals surface area (Å²) < 4.78 is 10.7. The monoisotopic (exact) mass is 307 g/mol. The topological polar surface area (TPSA) is 60.2 Å². The van der Waals surface area contributed by atoms with E-state index >= 15 is 0 Å². The summed E-state index contributed by atoms with van der Waals surface area (Å²) in [4.78, 5) is 4.19. The maximum absolute atomic E-state index is 6.24. The molecule has 112 valence electrons. The maximum atomic E-state index is 6.24. The second-order valence-corrected chi connectivity index (χ2v) is 5.57. The first kappa shape index (κ1) is 14.4. The molecule has 1 saturated carbocycles. The van der Waals surface area contributed by atoms with Crippen molar-refractivity contribution in [2.45, 2.75) is 45.4 Å². The molecule has 2 aromatic rings. The van der Waals surface area contributed by atoms with Crippen LogP contribution in [0.3, 0.4) is 0 Å². The van der Waals surface area contributed by atoms with Gasteiger partial charge < -0.3 is 14.6 Å². The lowest BCUT2D eigenvalue weighted by Gasteiger charge is -2.08. The van der Waals surface area contributed by atoms with E-state index in [-0.39, 0.29) is 6.61 Å². The summed E-state index contributed by atoms with van der Waals surface area (Å²) in [6, 6.07) is 6.51. The molecule has 0 atom stereocenters. The quantitative estimate of drug-likeness (QED) is 0.851. The fourth-order valence-corrected chi connectivity index (χ4v) is 2.21. The first-order valence-corrected chi connectivity index (χ1v) is 7.58. The number of benzene rings is 1. The highest BCUT2D eigenvalue weighted by molar-refractivity contribution is 6.32. The third-order valence-corrected chi connectivity index (χ3v) is 3.64. The summed E-state index contributed by atoms with van der Waals surface area (Å²) in [5.41, 5.74) is 1.16. The summed E-state index contributed by atoms with van der Waals surface area (Å²) in [6.45, 7) is 3.04. The van der Waals surface area contributed by atoms with Crippen LogP contribution in [0.4, 0.5) is 0 Å². The Labute approximate surface area is 128 Å². The van der Waals surface area contributed by atoms with Gasteiger partial charge in [-0.1, -0.05) is 29.7 Å². The van der Waals surface area contributed by atoms with Crippen molar-refractivity contribution in [3.8, 4) is 5.75 Å². The van der Waals surface area contributed by atoms with Gasteiger partial charge in [0.25, 0.3) is 5.89 Å². The third kappa shape index (κ3) is 3.95. The van der Waals surface area contributed by atoms with Crippen LogP contribution in [0.1, 0.15) is 37.0 Å². The van der Waals surface area contributed by atoms with Gasteiger partial charge in [0.15, 0.2) is 12.4 Å². The number of ether oxygens (including phenoxy) is 1. The van der Waals surface area contributed by atoms with Gasteiger partial charge in [-0.05, 0) is 30.5 Å². The molecule has 1 N–H and O–H groups in total. The fourth-order valence-electron chi connectivity index (χ4n) is 1.95. The number of nitrogens with zero attached hydrogens (tertiary/aromatic N) is 2. The molecule has 0 saturated heterocycles. The van der Waals surface area contributed by atoms with Gasteiger partial charge in [0.2, 0.25) is 0 Å². The van der Waals surface area contributed by atoms with E-state index < -0.39 is 0 Å². The van der Waals surface area contributed by atoms with Crippen molar-refractivity contribution in [2.24, 2.45) is 0 Å². The number of halogens is 1. The summed E-state index contributed by atoms with van der Waals surface area (Å²) in [5.74, 6) is 1.77. The van der Waals surface area contributed by atoms with Crippen molar-refractivity contribution < 1.29 is 9.26 Å². The van der Waals surface area contributed by atoms with Crippen LogP contribution in [0, 0.1) is 0 Å². The van der Waals surface area contributed by atoms with E-state index in [1.807, 2.05) is 25.1 Å². The van der Waals surface area contributed by atoms with E-state index in [4.69, 9.17) is 20.9 Å². The van der Waals surface area contributed by atoms with Gasteiger partial charge in [-0.15, -0.1) is 0 Å². The fraction of sp³-hybridized carbons (Fsp3) is 0.467. The molecule has 0 aliphatic heterocycles. The Hall–Kier alpha value is -1.59. The Kier molecular flexibility index (Phi) is 4.41. The highest BCUT2D eigenvalue weighted by atomic mass is 35.5. The molecular weight excluding hydrogens is 290 g/mol. The van der Waals surface area contributed by atoms with Crippen LogP contribution in [-0.2, 0) is 19.6 Å². The molecule has 0 unspecified atom stereocenters. The number of hydrogen-bond donors (Lipinski definition) is 1. The lowest BCUT2D eigenvalue weighted by atomic mass is 10.2. The zero-order valence-corrected chi connectivity index (χ0v) is 12.7. The molecule has 5 nitrogen and oxygen atoms in total. The number of hydrogen-bond acceptors (Lipinski definition) is 5. The van der Waals surface area contributed by atoms with E-state index in [0.717, 1.165) is 18.5 Å². The maximum Gasteiger partial charge on any atom is 0.264 e. The number of aromatic nitrogens is 2. The Morgan fingerprint density at radius 1 is 1.43 bits per heavy atom. The van der Waals surface area contributed by atoms with Crippen molar-refractivity contribution in [1.82, 2.24) is 15.5 Å².